The summed E-state index contributed by atoms with van der Waals surface area (Å²) in [6.07, 6.45) is -9.19. The molecule has 5 rings (SSSR count). The number of carbonyl (C=O) groups is 2. The van der Waals surface area contributed by atoms with Gasteiger partial charge in [0, 0.05) is 13.1 Å². The van der Waals surface area contributed by atoms with Gasteiger partial charge < -0.3 is 14.2 Å². The Labute approximate surface area is 223 Å². The summed E-state index contributed by atoms with van der Waals surface area (Å²) in [5.41, 5.74) is -1.17. The Balaban J connectivity index is 1.45. The summed E-state index contributed by atoms with van der Waals surface area (Å²) in [6, 6.07) is 6.85. The van der Waals surface area contributed by atoms with Crippen molar-refractivity contribution in [1.82, 2.24) is 29.4 Å². The molecule has 17 heteroatoms. The number of aromatic nitrogens is 5. The van der Waals surface area contributed by atoms with Gasteiger partial charge in [0.05, 0.1) is 30.2 Å². The first kappa shape index (κ1) is 27.7. The highest BCUT2D eigenvalue weighted by Crippen LogP contribution is 2.30. The first-order valence-corrected chi connectivity index (χ1v) is 11.6. The fourth-order valence-corrected chi connectivity index (χ4v) is 4.32. The van der Waals surface area contributed by atoms with E-state index in [-0.39, 0.29) is 48.5 Å². The molecule has 0 fully saturated rings. The minimum atomic E-state index is -5.32. The Morgan fingerprint density at radius 2 is 1.76 bits per heavy atom. The Morgan fingerprint density at radius 3 is 2.46 bits per heavy atom. The van der Waals surface area contributed by atoms with E-state index in [0.717, 1.165) is 38.5 Å². The Hall–Kier alpha value is -4.83. The minimum absolute atomic E-state index is 0.124. The topological polar surface area (TPSA) is 112 Å². The largest absolute Gasteiger partial charge is 0.491 e. The molecule has 41 heavy (non-hydrogen) atoms. The van der Waals surface area contributed by atoms with Crippen LogP contribution in [0.1, 0.15) is 27.6 Å². The Kier molecular flexibility index (Phi) is 6.74. The van der Waals surface area contributed by atoms with Crippen molar-refractivity contribution in [1.29, 1.82) is 0 Å². The van der Waals surface area contributed by atoms with Gasteiger partial charge in [0.2, 0.25) is 11.3 Å². The van der Waals surface area contributed by atoms with Crippen molar-refractivity contribution >= 4 is 22.8 Å². The molecule has 0 aliphatic carbocycles. The number of esters is 1. The number of rotatable bonds is 4. The third-order valence-corrected chi connectivity index (χ3v) is 6.16. The lowest BCUT2D eigenvalue weighted by atomic mass is 10.1. The molecule has 4 aromatic rings. The summed E-state index contributed by atoms with van der Waals surface area (Å²) in [4.78, 5) is 38.0. The van der Waals surface area contributed by atoms with E-state index in [9.17, 15) is 45.1 Å². The van der Waals surface area contributed by atoms with Gasteiger partial charge in [-0.1, -0.05) is 12.1 Å². The summed E-state index contributed by atoms with van der Waals surface area (Å²) in [5.74, 6) is -6.29. The molecule has 0 bridgehead atoms. The number of amides is 1. The second-order valence-corrected chi connectivity index (χ2v) is 8.84. The quantitative estimate of drug-likeness (QED) is 0.206. The average Bonchev–Trinajstić information content (AvgIpc) is 3.35. The van der Waals surface area contributed by atoms with Gasteiger partial charge in [0.15, 0.2) is 11.6 Å². The van der Waals surface area contributed by atoms with Gasteiger partial charge in [-0.25, -0.2) is 9.18 Å². The lowest BCUT2D eigenvalue weighted by Gasteiger charge is -2.28. The van der Waals surface area contributed by atoms with E-state index in [1.54, 1.807) is 0 Å². The Morgan fingerprint density at radius 1 is 1.00 bits per heavy atom. The minimum Gasteiger partial charge on any atom is -0.418 e. The van der Waals surface area contributed by atoms with Crippen LogP contribution in [-0.4, -0.2) is 54.0 Å². The predicted octanol–water partition coefficient (Wildman–Crippen LogP) is 3.32. The van der Waals surface area contributed by atoms with Crippen LogP contribution in [0.4, 0.5) is 30.7 Å². The van der Waals surface area contributed by atoms with Crippen molar-refractivity contribution in [3.8, 4) is 5.75 Å². The maximum Gasteiger partial charge on any atom is 0.491 e. The molecule has 1 aliphatic heterocycles. The molecule has 0 unspecified atom stereocenters. The SMILES string of the molecule is O=C(c1cc(Cn2ncc(=O)c3cccc(OC(=O)C(F)(F)F)c32)ccc1F)N1CCn2c(nnc2C(F)(F)F)C1. The number of hydrogen-bond donors (Lipinski definition) is 0. The van der Waals surface area contributed by atoms with Crippen LogP contribution >= 0.6 is 0 Å². The van der Waals surface area contributed by atoms with Crippen molar-refractivity contribution in [3.05, 3.63) is 81.4 Å². The molecule has 214 valence electrons. The standard InChI is InChI=1S/C24H15F7N6O4/c25-15-5-4-12(8-14(15)20(39)35-6-7-36-18(11-35)33-34-21(36)23(26,27)28)10-37-19-13(16(38)9-32-37)2-1-3-17(19)41-22(40)24(29,30)31/h1-5,8-9H,6-7,10-11H2. The van der Waals surface area contributed by atoms with Crippen LogP contribution < -0.4 is 10.2 Å². The molecule has 10 nitrogen and oxygen atoms in total. The fraction of sp³-hybridized carbons (Fsp3) is 0.250. The third-order valence-electron chi connectivity index (χ3n) is 6.16. The monoisotopic (exact) mass is 584 g/mol. The molecule has 0 atom stereocenters. The zero-order valence-electron chi connectivity index (χ0n) is 20.3. The van der Waals surface area contributed by atoms with Crippen LogP contribution in [0.15, 0.2) is 47.4 Å². The highest BCUT2D eigenvalue weighted by molar-refractivity contribution is 5.94. The second-order valence-electron chi connectivity index (χ2n) is 8.84. The number of alkyl halides is 6. The van der Waals surface area contributed by atoms with Crippen LogP contribution in [-0.2, 0) is 30.6 Å². The van der Waals surface area contributed by atoms with E-state index >= 15 is 0 Å². The van der Waals surface area contributed by atoms with E-state index in [4.69, 9.17) is 0 Å². The van der Waals surface area contributed by atoms with E-state index in [2.05, 4.69) is 20.0 Å². The first-order chi connectivity index (χ1) is 19.2. The van der Waals surface area contributed by atoms with Crippen LogP contribution in [0, 0.1) is 5.82 Å². The van der Waals surface area contributed by atoms with Gasteiger partial charge >= 0.3 is 18.3 Å². The highest BCUT2D eigenvalue weighted by Gasteiger charge is 2.42. The van der Waals surface area contributed by atoms with Crippen molar-refractivity contribution in [2.24, 2.45) is 0 Å². The van der Waals surface area contributed by atoms with Crippen molar-refractivity contribution < 1.29 is 45.1 Å². The molecular weight excluding hydrogens is 569 g/mol. The fourth-order valence-electron chi connectivity index (χ4n) is 4.32. The highest BCUT2D eigenvalue weighted by atomic mass is 19.4. The van der Waals surface area contributed by atoms with E-state index in [0.29, 0.717) is 0 Å². The summed E-state index contributed by atoms with van der Waals surface area (Å²) in [5, 5.41) is 10.4. The van der Waals surface area contributed by atoms with Gasteiger partial charge in [-0.05, 0) is 29.8 Å². The normalized spacial score (nSPS) is 13.8. The zero-order valence-corrected chi connectivity index (χ0v) is 20.3. The second kappa shape index (κ2) is 9.97. The maximum atomic E-state index is 14.7. The summed E-state index contributed by atoms with van der Waals surface area (Å²) in [7, 11) is 0. The molecule has 0 radical (unpaired) electrons. The van der Waals surface area contributed by atoms with Gasteiger partial charge in [-0.2, -0.15) is 31.4 Å². The smallest absolute Gasteiger partial charge is 0.418 e. The summed E-state index contributed by atoms with van der Waals surface area (Å²) >= 11 is 0. The maximum absolute atomic E-state index is 14.7. The lowest BCUT2D eigenvalue weighted by Crippen LogP contribution is -2.39. The van der Waals surface area contributed by atoms with Gasteiger partial charge in [-0.3, -0.25) is 14.3 Å². The molecule has 1 aliphatic rings. The van der Waals surface area contributed by atoms with Crippen LogP contribution in [0.25, 0.3) is 10.9 Å². The molecule has 0 N–H and O–H groups in total. The lowest BCUT2D eigenvalue weighted by molar-refractivity contribution is -0.189. The Bertz CT molecular complexity index is 1750. The number of nitrogens with zero attached hydrogens (tertiary/aromatic N) is 6. The van der Waals surface area contributed by atoms with Gasteiger partial charge in [-0.15, -0.1) is 10.2 Å². The van der Waals surface area contributed by atoms with E-state index in [1.807, 2.05) is 0 Å². The van der Waals surface area contributed by atoms with Crippen LogP contribution in [0.3, 0.4) is 0 Å². The number of hydrogen-bond acceptors (Lipinski definition) is 7. The zero-order chi connectivity index (χ0) is 29.7. The van der Waals surface area contributed by atoms with Crippen molar-refractivity contribution in [3.63, 3.8) is 0 Å². The molecular formula is C24H15F7N6O4. The number of carbonyl (C=O) groups excluding carboxylic acids is 2. The van der Waals surface area contributed by atoms with Crippen molar-refractivity contribution in [2.45, 2.75) is 32.0 Å². The number of ether oxygens (including phenoxy) is 1. The average molecular weight is 584 g/mol. The molecule has 0 spiro atoms. The number of benzene rings is 2. The number of para-hydroxylation sites is 1. The van der Waals surface area contributed by atoms with Gasteiger partial charge in [0.1, 0.15) is 11.3 Å². The molecule has 3 heterocycles. The predicted molar refractivity (Wildman–Crippen MR) is 123 cm³/mol. The number of halogens is 7. The van der Waals surface area contributed by atoms with Crippen LogP contribution in [0.2, 0.25) is 0 Å². The molecule has 0 saturated carbocycles. The third kappa shape index (κ3) is 5.33. The van der Waals surface area contributed by atoms with E-state index in [1.165, 1.54) is 18.2 Å². The van der Waals surface area contributed by atoms with E-state index < -0.39 is 52.6 Å². The van der Waals surface area contributed by atoms with Gasteiger partial charge in [0.25, 0.3) is 5.91 Å². The first-order valence-electron chi connectivity index (χ1n) is 11.6. The molecule has 1 amide bonds. The molecule has 2 aromatic carbocycles. The van der Waals surface area contributed by atoms with Crippen LogP contribution in [0.5, 0.6) is 5.75 Å². The molecule has 0 saturated heterocycles. The van der Waals surface area contributed by atoms with Crippen molar-refractivity contribution in [2.75, 3.05) is 6.54 Å². The number of fused-ring (bicyclic) bond motifs is 2. The molecule has 2 aromatic heterocycles. The summed E-state index contributed by atoms with van der Waals surface area (Å²) < 4.78 is 98.9. The summed E-state index contributed by atoms with van der Waals surface area (Å²) in [6.45, 7) is -1.15.